The van der Waals surface area contributed by atoms with Crippen LogP contribution in [0.2, 0.25) is 0 Å². The molecular formula is C18H29ClN2O3S. The Kier molecular flexibility index (Phi) is 7.00. The SMILES string of the molecule is CC1CCCN(c2ccc(S(=O)(=O)C(C)C)c(NCC(O)CCl)c2)C1. The van der Waals surface area contributed by atoms with Crippen molar-refractivity contribution in [1.29, 1.82) is 0 Å². The van der Waals surface area contributed by atoms with Gasteiger partial charge in [-0.15, -0.1) is 11.6 Å². The van der Waals surface area contributed by atoms with E-state index in [0.717, 1.165) is 25.2 Å². The molecule has 5 nitrogen and oxygen atoms in total. The molecule has 2 rings (SSSR count). The number of aliphatic hydroxyl groups excluding tert-OH is 1. The fourth-order valence-electron chi connectivity index (χ4n) is 3.06. The van der Waals surface area contributed by atoms with E-state index in [1.165, 1.54) is 6.42 Å². The molecule has 1 aliphatic rings. The van der Waals surface area contributed by atoms with Crippen LogP contribution in [0.5, 0.6) is 0 Å². The summed E-state index contributed by atoms with van der Waals surface area (Å²) in [6.07, 6.45) is 1.64. The molecule has 0 aliphatic carbocycles. The van der Waals surface area contributed by atoms with Gasteiger partial charge in [-0.05, 0) is 50.8 Å². The lowest BCUT2D eigenvalue weighted by Crippen LogP contribution is -2.34. The number of hydrogen-bond donors (Lipinski definition) is 2. The lowest BCUT2D eigenvalue weighted by Gasteiger charge is -2.33. The largest absolute Gasteiger partial charge is 0.390 e. The normalized spacial score (nSPS) is 19.9. The van der Waals surface area contributed by atoms with Gasteiger partial charge in [0.1, 0.15) is 0 Å². The van der Waals surface area contributed by atoms with Crippen molar-refractivity contribution in [2.24, 2.45) is 5.92 Å². The van der Waals surface area contributed by atoms with E-state index in [4.69, 9.17) is 11.6 Å². The van der Waals surface area contributed by atoms with Crippen LogP contribution in [0.3, 0.4) is 0 Å². The molecule has 0 bridgehead atoms. The summed E-state index contributed by atoms with van der Waals surface area (Å²) >= 11 is 5.65. The van der Waals surface area contributed by atoms with Crippen molar-refractivity contribution in [3.05, 3.63) is 18.2 Å². The van der Waals surface area contributed by atoms with Crippen molar-refractivity contribution in [2.75, 3.05) is 35.7 Å². The van der Waals surface area contributed by atoms with Crippen LogP contribution >= 0.6 is 11.6 Å². The van der Waals surface area contributed by atoms with Crippen LogP contribution < -0.4 is 10.2 Å². The monoisotopic (exact) mass is 388 g/mol. The van der Waals surface area contributed by atoms with Crippen LogP contribution in [0.25, 0.3) is 0 Å². The Balaban J connectivity index is 2.36. The Morgan fingerprint density at radius 2 is 2.12 bits per heavy atom. The van der Waals surface area contributed by atoms with Crippen molar-refractivity contribution >= 4 is 32.8 Å². The van der Waals surface area contributed by atoms with Gasteiger partial charge in [0.25, 0.3) is 0 Å². The van der Waals surface area contributed by atoms with Crippen molar-refractivity contribution < 1.29 is 13.5 Å². The summed E-state index contributed by atoms with van der Waals surface area (Å²) in [5, 5.41) is 12.3. The maximum atomic E-state index is 12.7. The van der Waals surface area contributed by atoms with Crippen LogP contribution in [0.15, 0.2) is 23.1 Å². The summed E-state index contributed by atoms with van der Waals surface area (Å²) in [5.74, 6) is 0.727. The lowest BCUT2D eigenvalue weighted by atomic mass is 10.00. The number of halogens is 1. The molecule has 7 heteroatoms. The van der Waals surface area contributed by atoms with Crippen LogP contribution in [0, 0.1) is 5.92 Å². The fraction of sp³-hybridized carbons (Fsp3) is 0.667. The Morgan fingerprint density at radius 1 is 1.40 bits per heavy atom. The number of nitrogens with zero attached hydrogens (tertiary/aromatic N) is 1. The van der Waals surface area contributed by atoms with Crippen molar-refractivity contribution in [1.82, 2.24) is 0 Å². The Hall–Kier alpha value is -0.980. The zero-order valence-corrected chi connectivity index (χ0v) is 16.8. The quantitative estimate of drug-likeness (QED) is 0.702. The van der Waals surface area contributed by atoms with Crippen molar-refractivity contribution in [2.45, 2.75) is 49.9 Å². The molecule has 2 N–H and O–H groups in total. The smallest absolute Gasteiger partial charge is 0.182 e. The summed E-state index contributed by atoms with van der Waals surface area (Å²) < 4.78 is 25.3. The molecule has 1 aromatic rings. The van der Waals surface area contributed by atoms with E-state index >= 15 is 0 Å². The number of nitrogens with one attached hydrogen (secondary N) is 1. The summed E-state index contributed by atoms with van der Waals surface area (Å²) in [6, 6.07) is 5.45. The second kappa shape index (κ2) is 8.60. The molecule has 1 heterocycles. The first-order valence-corrected chi connectivity index (χ1v) is 10.9. The summed E-state index contributed by atoms with van der Waals surface area (Å²) in [6.45, 7) is 7.74. The number of sulfone groups is 1. The highest BCUT2D eigenvalue weighted by Crippen LogP contribution is 2.31. The fourth-order valence-corrected chi connectivity index (χ4v) is 4.37. The number of rotatable bonds is 7. The average molecular weight is 389 g/mol. The molecule has 2 unspecified atom stereocenters. The second-order valence-electron chi connectivity index (χ2n) is 7.16. The van der Waals surface area contributed by atoms with E-state index < -0.39 is 21.2 Å². The van der Waals surface area contributed by atoms with Crippen molar-refractivity contribution in [3.63, 3.8) is 0 Å². The molecule has 1 aliphatic heterocycles. The number of benzene rings is 1. The Labute approximate surface area is 156 Å². The molecule has 1 saturated heterocycles. The third-order valence-corrected chi connectivity index (χ3v) is 7.19. The highest BCUT2D eigenvalue weighted by atomic mass is 35.5. The van der Waals surface area contributed by atoms with Gasteiger partial charge >= 0.3 is 0 Å². The molecular weight excluding hydrogens is 360 g/mol. The Bertz CT molecular complexity index is 679. The van der Waals surface area contributed by atoms with Gasteiger partial charge in [-0.3, -0.25) is 0 Å². The number of piperidine rings is 1. The molecule has 2 atom stereocenters. The minimum absolute atomic E-state index is 0.0998. The van der Waals surface area contributed by atoms with E-state index in [-0.39, 0.29) is 17.3 Å². The average Bonchev–Trinajstić information content (AvgIpc) is 2.59. The summed E-state index contributed by atoms with van der Waals surface area (Å²) in [5.41, 5.74) is 1.55. The topological polar surface area (TPSA) is 69.6 Å². The highest BCUT2D eigenvalue weighted by Gasteiger charge is 2.25. The van der Waals surface area contributed by atoms with Gasteiger partial charge in [0.05, 0.1) is 27.8 Å². The summed E-state index contributed by atoms with van der Waals surface area (Å²) in [7, 11) is -3.42. The zero-order chi connectivity index (χ0) is 18.6. The van der Waals surface area contributed by atoms with Gasteiger partial charge in [0.2, 0.25) is 0 Å². The van der Waals surface area contributed by atoms with Crippen LogP contribution in [0.4, 0.5) is 11.4 Å². The first-order valence-electron chi connectivity index (χ1n) is 8.86. The standard InChI is InChI=1S/C18H29ClN2O3S/c1-13(2)25(23,24)18-7-6-15(21-8-4-5-14(3)12-21)9-17(18)20-11-16(22)10-19/h6-7,9,13-14,16,20,22H,4-5,8,10-12H2,1-3H3. The van der Waals surface area contributed by atoms with Crippen LogP contribution in [-0.2, 0) is 9.84 Å². The molecule has 25 heavy (non-hydrogen) atoms. The minimum atomic E-state index is -3.42. The van der Waals surface area contributed by atoms with Gasteiger partial charge in [-0.1, -0.05) is 6.92 Å². The van der Waals surface area contributed by atoms with E-state index in [0.29, 0.717) is 11.6 Å². The first-order chi connectivity index (χ1) is 11.8. The van der Waals surface area contributed by atoms with Crippen LogP contribution in [0.1, 0.15) is 33.6 Å². The van der Waals surface area contributed by atoms with E-state index in [2.05, 4.69) is 17.1 Å². The minimum Gasteiger partial charge on any atom is -0.390 e. The molecule has 1 fully saturated rings. The zero-order valence-electron chi connectivity index (χ0n) is 15.2. The maximum Gasteiger partial charge on any atom is 0.182 e. The van der Waals surface area contributed by atoms with Gasteiger partial charge in [-0.2, -0.15) is 0 Å². The van der Waals surface area contributed by atoms with Gasteiger partial charge in [0.15, 0.2) is 9.84 Å². The predicted molar refractivity (Wildman–Crippen MR) is 105 cm³/mol. The number of hydrogen-bond acceptors (Lipinski definition) is 5. The molecule has 0 spiro atoms. The molecule has 1 aromatic carbocycles. The molecule has 0 aromatic heterocycles. The lowest BCUT2D eigenvalue weighted by molar-refractivity contribution is 0.211. The Morgan fingerprint density at radius 3 is 2.72 bits per heavy atom. The number of anilines is 2. The van der Waals surface area contributed by atoms with Gasteiger partial charge in [-0.25, -0.2) is 8.42 Å². The molecule has 0 saturated carbocycles. The third kappa shape index (κ3) is 5.02. The van der Waals surface area contributed by atoms with E-state index in [1.54, 1.807) is 19.9 Å². The third-order valence-electron chi connectivity index (χ3n) is 4.62. The number of aliphatic hydroxyl groups is 1. The second-order valence-corrected chi connectivity index (χ2v) is 9.94. The van der Waals surface area contributed by atoms with Gasteiger partial charge in [0, 0.05) is 25.3 Å². The molecule has 0 amide bonds. The van der Waals surface area contributed by atoms with Gasteiger partial charge < -0.3 is 15.3 Å². The highest BCUT2D eigenvalue weighted by molar-refractivity contribution is 7.92. The maximum absolute atomic E-state index is 12.7. The predicted octanol–water partition coefficient (Wildman–Crippen LogP) is 3.12. The molecule has 0 radical (unpaired) electrons. The van der Waals surface area contributed by atoms with Crippen LogP contribution in [-0.4, -0.2) is 50.4 Å². The molecule has 142 valence electrons. The van der Waals surface area contributed by atoms with E-state index in [9.17, 15) is 13.5 Å². The first kappa shape index (κ1) is 20.3. The van der Waals surface area contributed by atoms with E-state index in [1.807, 2.05) is 12.1 Å². The van der Waals surface area contributed by atoms with Crippen molar-refractivity contribution in [3.8, 4) is 0 Å². The summed E-state index contributed by atoms with van der Waals surface area (Å²) in [4.78, 5) is 2.57. The number of alkyl halides is 1.